The lowest BCUT2D eigenvalue weighted by molar-refractivity contribution is -0.139. The summed E-state index contributed by atoms with van der Waals surface area (Å²) in [5.74, 6) is -0.573. The highest BCUT2D eigenvalue weighted by Gasteiger charge is 2.24. The van der Waals surface area contributed by atoms with Crippen molar-refractivity contribution in [2.75, 3.05) is 40.0 Å². The summed E-state index contributed by atoms with van der Waals surface area (Å²) in [5.41, 5.74) is 1.88. The lowest BCUT2D eigenvalue weighted by atomic mass is 10.1. The van der Waals surface area contributed by atoms with Crippen LogP contribution in [0.3, 0.4) is 0 Å². The zero-order chi connectivity index (χ0) is 20.5. The second kappa shape index (κ2) is 10.5. The van der Waals surface area contributed by atoms with Gasteiger partial charge in [0.2, 0.25) is 0 Å². The predicted octanol–water partition coefficient (Wildman–Crippen LogP) is 0.896. The van der Waals surface area contributed by atoms with E-state index in [2.05, 4.69) is 20.5 Å². The quantitative estimate of drug-likeness (QED) is 0.673. The maximum Gasteiger partial charge on any atom is 0.309 e. The zero-order valence-electron chi connectivity index (χ0n) is 16.5. The van der Waals surface area contributed by atoms with Crippen LogP contribution >= 0.6 is 0 Å². The Kier molecular flexibility index (Phi) is 7.54. The molecule has 0 spiro atoms. The van der Waals surface area contributed by atoms with Gasteiger partial charge in [-0.2, -0.15) is 0 Å². The van der Waals surface area contributed by atoms with Gasteiger partial charge in [0.1, 0.15) is 5.75 Å². The lowest BCUT2D eigenvalue weighted by Gasteiger charge is -2.34. The van der Waals surface area contributed by atoms with Crippen molar-refractivity contribution in [3.05, 3.63) is 59.9 Å². The van der Waals surface area contributed by atoms with Crippen molar-refractivity contribution >= 4 is 11.8 Å². The van der Waals surface area contributed by atoms with Crippen molar-refractivity contribution in [1.29, 1.82) is 0 Å². The topological polar surface area (TPSA) is 92.8 Å². The molecule has 1 aliphatic rings. The van der Waals surface area contributed by atoms with E-state index in [1.165, 1.54) is 0 Å². The van der Waals surface area contributed by atoms with E-state index >= 15 is 0 Å². The van der Waals surface area contributed by atoms with Crippen LogP contribution in [0.1, 0.15) is 17.2 Å². The van der Waals surface area contributed by atoms with Crippen molar-refractivity contribution in [2.45, 2.75) is 12.6 Å². The molecule has 3 rings (SSSR count). The van der Waals surface area contributed by atoms with Crippen LogP contribution < -0.4 is 15.4 Å². The van der Waals surface area contributed by atoms with Gasteiger partial charge in [-0.15, -0.1) is 0 Å². The molecule has 0 saturated carbocycles. The van der Waals surface area contributed by atoms with E-state index in [1.54, 1.807) is 19.5 Å². The average Bonchev–Trinajstić information content (AvgIpc) is 2.79. The third-order valence-corrected chi connectivity index (χ3v) is 4.83. The van der Waals surface area contributed by atoms with Crippen molar-refractivity contribution < 1.29 is 19.1 Å². The molecule has 0 unspecified atom stereocenters. The zero-order valence-corrected chi connectivity index (χ0v) is 16.5. The minimum Gasteiger partial charge on any atom is -0.497 e. The van der Waals surface area contributed by atoms with Crippen LogP contribution in [0.2, 0.25) is 0 Å². The number of hydrogen-bond donors (Lipinski definition) is 2. The van der Waals surface area contributed by atoms with Crippen LogP contribution in [0.25, 0.3) is 0 Å². The number of nitrogens with one attached hydrogen (secondary N) is 2. The summed E-state index contributed by atoms with van der Waals surface area (Å²) in [4.78, 5) is 30.9. The summed E-state index contributed by atoms with van der Waals surface area (Å²) >= 11 is 0. The number of nitrogens with zero attached hydrogens (tertiary/aromatic N) is 2. The van der Waals surface area contributed by atoms with Crippen molar-refractivity contribution in [3.63, 3.8) is 0 Å². The standard InChI is InChI=1S/C21H26N4O4/c1-28-18-6-4-16(5-7-18)13-23-20(26)21(27)24-15-19(17-3-2-8-22-14-17)25-9-11-29-12-10-25/h2-8,14,19H,9-13,15H2,1H3,(H,23,26)(H,24,27)/t19-/m1/s1. The molecule has 8 nitrogen and oxygen atoms in total. The van der Waals surface area contributed by atoms with Gasteiger partial charge in [-0.1, -0.05) is 18.2 Å². The fourth-order valence-corrected chi connectivity index (χ4v) is 3.20. The fourth-order valence-electron chi connectivity index (χ4n) is 3.20. The van der Waals surface area contributed by atoms with E-state index in [0.29, 0.717) is 19.8 Å². The number of amides is 2. The summed E-state index contributed by atoms with van der Waals surface area (Å²) in [6.45, 7) is 3.41. The van der Waals surface area contributed by atoms with Crippen LogP contribution in [-0.4, -0.2) is 61.7 Å². The lowest BCUT2D eigenvalue weighted by Crippen LogP contribution is -2.46. The van der Waals surface area contributed by atoms with Crippen LogP contribution in [0.5, 0.6) is 5.75 Å². The number of carbonyl (C=O) groups excluding carboxylic acids is 2. The van der Waals surface area contributed by atoms with E-state index in [1.807, 2.05) is 36.4 Å². The Labute approximate surface area is 170 Å². The number of rotatable bonds is 7. The second-order valence-corrected chi connectivity index (χ2v) is 6.69. The molecular weight excluding hydrogens is 372 g/mol. The number of pyridine rings is 1. The van der Waals surface area contributed by atoms with Crippen LogP contribution in [0.15, 0.2) is 48.8 Å². The molecule has 2 heterocycles. The normalized spacial score (nSPS) is 15.3. The predicted molar refractivity (Wildman–Crippen MR) is 107 cm³/mol. The number of benzene rings is 1. The summed E-state index contributed by atoms with van der Waals surface area (Å²) in [7, 11) is 1.59. The monoisotopic (exact) mass is 398 g/mol. The molecule has 0 aliphatic carbocycles. The molecule has 2 amide bonds. The number of carbonyl (C=O) groups is 2. The molecule has 1 fully saturated rings. The summed E-state index contributed by atoms with van der Waals surface area (Å²) < 4.78 is 10.5. The molecule has 1 aromatic carbocycles. The highest BCUT2D eigenvalue weighted by molar-refractivity contribution is 6.35. The molecule has 1 aromatic heterocycles. The molecule has 2 aromatic rings. The van der Waals surface area contributed by atoms with E-state index in [9.17, 15) is 9.59 Å². The fraction of sp³-hybridized carbons (Fsp3) is 0.381. The molecular formula is C21H26N4O4. The van der Waals surface area contributed by atoms with Gasteiger partial charge in [0, 0.05) is 38.6 Å². The molecule has 29 heavy (non-hydrogen) atoms. The molecule has 1 atom stereocenters. The average molecular weight is 398 g/mol. The van der Waals surface area contributed by atoms with Gasteiger partial charge in [-0.3, -0.25) is 19.5 Å². The van der Waals surface area contributed by atoms with Crippen LogP contribution in [-0.2, 0) is 20.9 Å². The third-order valence-electron chi connectivity index (χ3n) is 4.83. The van der Waals surface area contributed by atoms with Crippen LogP contribution in [0, 0.1) is 0 Å². The molecule has 0 bridgehead atoms. The number of aromatic nitrogens is 1. The molecule has 0 radical (unpaired) electrons. The molecule has 2 N–H and O–H groups in total. The highest BCUT2D eigenvalue weighted by Crippen LogP contribution is 2.20. The van der Waals surface area contributed by atoms with E-state index < -0.39 is 11.8 Å². The van der Waals surface area contributed by atoms with E-state index in [0.717, 1.165) is 30.0 Å². The maximum absolute atomic E-state index is 12.3. The van der Waals surface area contributed by atoms with Gasteiger partial charge in [0.15, 0.2) is 0 Å². The Bertz CT molecular complexity index is 792. The summed E-state index contributed by atoms with van der Waals surface area (Å²) in [5, 5.41) is 5.39. The van der Waals surface area contributed by atoms with E-state index in [-0.39, 0.29) is 12.6 Å². The van der Waals surface area contributed by atoms with E-state index in [4.69, 9.17) is 9.47 Å². The van der Waals surface area contributed by atoms with Gasteiger partial charge in [-0.05, 0) is 29.3 Å². The van der Waals surface area contributed by atoms with Gasteiger partial charge in [0.25, 0.3) is 0 Å². The smallest absolute Gasteiger partial charge is 0.309 e. The number of morpholine rings is 1. The minimum absolute atomic E-state index is 0.0639. The first-order valence-electron chi connectivity index (χ1n) is 9.58. The third kappa shape index (κ3) is 6.00. The van der Waals surface area contributed by atoms with Gasteiger partial charge < -0.3 is 20.1 Å². The minimum atomic E-state index is -0.660. The highest BCUT2D eigenvalue weighted by atomic mass is 16.5. The SMILES string of the molecule is COc1ccc(CNC(=O)C(=O)NC[C@H](c2cccnc2)N2CCOCC2)cc1. The Balaban J connectivity index is 1.53. The largest absolute Gasteiger partial charge is 0.497 e. The molecule has 1 aliphatic heterocycles. The van der Waals surface area contributed by atoms with Gasteiger partial charge in [-0.25, -0.2) is 0 Å². The molecule has 1 saturated heterocycles. The summed E-state index contributed by atoms with van der Waals surface area (Å²) in [6.07, 6.45) is 3.50. The first kappa shape index (κ1) is 20.8. The Hall–Kier alpha value is -2.97. The second-order valence-electron chi connectivity index (χ2n) is 6.69. The van der Waals surface area contributed by atoms with Gasteiger partial charge in [0.05, 0.1) is 26.4 Å². The number of methoxy groups -OCH3 is 1. The van der Waals surface area contributed by atoms with Crippen molar-refractivity contribution in [2.24, 2.45) is 0 Å². The Morgan fingerprint density at radius 3 is 2.52 bits per heavy atom. The first-order chi connectivity index (χ1) is 14.2. The number of hydrogen-bond acceptors (Lipinski definition) is 6. The van der Waals surface area contributed by atoms with Crippen molar-refractivity contribution in [1.82, 2.24) is 20.5 Å². The number of ether oxygens (including phenoxy) is 2. The van der Waals surface area contributed by atoms with Gasteiger partial charge >= 0.3 is 11.8 Å². The maximum atomic E-state index is 12.3. The first-order valence-corrected chi connectivity index (χ1v) is 9.58. The molecule has 8 heteroatoms. The van der Waals surface area contributed by atoms with Crippen LogP contribution in [0.4, 0.5) is 0 Å². The summed E-state index contributed by atoms with van der Waals surface area (Å²) in [6, 6.07) is 11.1. The van der Waals surface area contributed by atoms with Crippen molar-refractivity contribution in [3.8, 4) is 5.75 Å². The molecule has 154 valence electrons. The Morgan fingerprint density at radius 1 is 1.14 bits per heavy atom. The Morgan fingerprint density at radius 2 is 1.86 bits per heavy atom.